The first-order valence-corrected chi connectivity index (χ1v) is 6.56. The molecule has 0 saturated carbocycles. The van der Waals surface area contributed by atoms with Crippen LogP contribution in [0.25, 0.3) is 10.8 Å². The second kappa shape index (κ2) is 6.30. The van der Waals surface area contributed by atoms with Gasteiger partial charge in [-0.25, -0.2) is 5.43 Å². The minimum Gasteiger partial charge on any atom is -0.393 e. The van der Waals surface area contributed by atoms with Gasteiger partial charge in [0.25, 0.3) is 5.91 Å². The van der Waals surface area contributed by atoms with E-state index >= 15 is 0 Å². The highest BCUT2D eigenvalue weighted by atomic mass is 16.3. The van der Waals surface area contributed by atoms with Crippen molar-refractivity contribution in [1.29, 1.82) is 0 Å². The maximum Gasteiger partial charge on any atom is 0.271 e. The Kier molecular flexibility index (Phi) is 4.48. The minimum atomic E-state index is -0.462. The third-order valence-corrected chi connectivity index (χ3v) is 2.95. The van der Waals surface area contributed by atoms with Gasteiger partial charge in [0, 0.05) is 17.7 Å². The van der Waals surface area contributed by atoms with Crippen LogP contribution in [0.15, 0.2) is 47.6 Å². The number of aliphatic hydroxyl groups excluding tert-OH is 1. The van der Waals surface area contributed by atoms with E-state index in [9.17, 15) is 9.90 Å². The molecule has 2 N–H and O–H groups in total. The van der Waals surface area contributed by atoms with E-state index in [1.807, 2.05) is 36.4 Å². The molecule has 4 heteroatoms. The van der Waals surface area contributed by atoms with E-state index < -0.39 is 6.10 Å². The van der Waals surface area contributed by atoms with Gasteiger partial charge in [0.2, 0.25) is 0 Å². The lowest BCUT2D eigenvalue weighted by Crippen LogP contribution is -2.20. The molecule has 2 aromatic carbocycles. The molecule has 2 rings (SSSR count). The largest absolute Gasteiger partial charge is 0.393 e. The van der Waals surface area contributed by atoms with Crippen LogP contribution in [0.3, 0.4) is 0 Å². The van der Waals surface area contributed by atoms with Gasteiger partial charge >= 0.3 is 0 Å². The molecule has 1 amide bonds. The maximum atomic E-state index is 12.0. The molecule has 1 unspecified atom stereocenters. The highest BCUT2D eigenvalue weighted by Crippen LogP contribution is 2.15. The van der Waals surface area contributed by atoms with Gasteiger partial charge in [-0.15, -0.1) is 0 Å². The highest BCUT2D eigenvalue weighted by molar-refractivity contribution is 5.99. The van der Waals surface area contributed by atoms with Crippen LogP contribution >= 0.6 is 0 Å². The Balaban J connectivity index is 2.11. The van der Waals surface area contributed by atoms with E-state index in [0.717, 1.165) is 10.8 Å². The van der Waals surface area contributed by atoms with Gasteiger partial charge in [-0.05, 0) is 36.8 Å². The summed E-state index contributed by atoms with van der Waals surface area (Å²) in [5, 5.41) is 15.3. The molecule has 0 fully saturated rings. The zero-order chi connectivity index (χ0) is 14.5. The van der Waals surface area contributed by atoms with Crippen LogP contribution in [0.4, 0.5) is 0 Å². The predicted molar refractivity (Wildman–Crippen MR) is 80.8 cm³/mol. The number of hydrogen-bond donors (Lipinski definition) is 2. The molecule has 2 aromatic rings. The highest BCUT2D eigenvalue weighted by Gasteiger charge is 2.06. The Morgan fingerprint density at radius 3 is 2.65 bits per heavy atom. The molecule has 0 radical (unpaired) electrons. The van der Waals surface area contributed by atoms with Crippen molar-refractivity contribution in [3.63, 3.8) is 0 Å². The fraction of sp³-hybridized carbons (Fsp3) is 0.250. The van der Waals surface area contributed by atoms with Crippen LogP contribution in [0, 0.1) is 0 Å². The van der Waals surface area contributed by atoms with Gasteiger partial charge in [0.15, 0.2) is 0 Å². The molecule has 0 aromatic heterocycles. The van der Waals surface area contributed by atoms with Crippen LogP contribution in [0.5, 0.6) is 0 Å². The third kappa shape index (κ3) is 3.65. The summed E-state index contributed by atoms with van der Waals surface area (Å²) >= 11 is 0. The van der Waals surface area contributed by atoms with Crippen LogP contribution in [0.2, 0.25) is 0 Å². The van der Waals surface area contributed by atoms with Gasteiger partial charge in [-0.1, -0.05) is 30.3 Å². The second-order valence-corrected chi connectivity index (χ2v) is 4.90. The summed E-state index contributed by atoms with van der Waals surface area (Å²) in [5.41, 5.74) is 3.76. The molecule has 0 aliphatic heterocycles. The molecule has 0 heterocycles. The summed E-state index contributed by atoms with van der Waals surface area (Å²) in [4.78, 5) is 12.0. The normalized spacial score (nSPS) is 13.2. The van der Waals surface area contributed by atoms with Crippen molar-refractivity contribution in [3.8, 4) is 0 Å². The Hall–Kier alpha value is -2.20. The fourth-order valence-corrected chi connectivity index (χ4v) is 2.01. The zero-order valence-corrected chi connectivity index (χ0v) is 11.6. The predicted octanol–water partition coefficient (Wildman–Crippen LogP) is 2.72. The average Bonchev–Trinajstić information content (AvgIpc) is 2.43. The van der Waals surface area contributed by atoms with Crippen LogP contribution in [-0.4, -0.2) is 22.8 Å². The molecular formula is C16H18N2O2. The molecular weight excluding hydrogens is 252 g/mol. The van der Waals surface area contributed by atoms with Crippen molar-refractivity contribution in [2.45, 2.75) is 26.4 Å². The average molecular weight is 270 g/mol. The number of benzene rings is 2. The molecule has 104 valence electrons. The molecule has 0 aliphatic carbocycles. The maximum absolute atomic E-state index is 12.0. The van der Waals surface area contributed by atoms with E-state index in [0.29, 0.717) is 17.7 Å². The summed E-state index contributed by atoms with van der Waals surface area (Å²) in [5.74, 6) is -0.249. The number of rotatable bonds is 4. The van der Waals surface area contributed by atoms with Crippen molar-refractivity contribution < 1.29 is 9.90 Å². The smallest absolute Gasteiger partial charge is 0.271 e. The second-order valence-electron chi connectivity index (χ2n) is 4.90. The lowest BCUT2D eigenvalue weighted by atomic mass is 10.1. The van der Waals surface area contributed by atoms with Crippen molar-refractivity contribution in [2.24, 2.45) is 5.10 Å². The van der Waals surface area contributed by atoms with E-state index in [-0.39, 0.29) is 5.91 Å². The van der Waals surface area contributed by atoms with Gasteiger partial charge in [0.1, 0.15) is 0 Å². The lowest BCUT2D eigenvalue weighted by molar-refractivity contribution is 0.0954. The molecule has 0 saturated heterocycles. The first-order chi connectivity index (χ1) is 9.56. The Labute approximate surface area is 118 Å². The number of nitrogens with one attached hydrogen (secondary N) is 1. The topological polar surface area (TPSA) is 61.7 Å². The number of carbonyl (C=O) groups is 1. The van der Waals surface area contributed by atoms with E-state index in [2.05, 4.69) is 10.5 Å². The Bertz CT molecular complexity index is 648. The molecule has 0 aliphatic rings. The molecule has 0 bridgehead atoms. The number of nitrogens with zero attached hydrogens (tertiary/aromatic N) is 1. The first kappa shape index (κ1) is 14.2. The third-order valence-electron chi connectivity index (χ3n) is 2.95. The molecule has 1 atom stereocenters. The monoisotopic (exact) mass is 270 g/mol. The number of fused-ring (bicyclic) bond motifs is 1. The minimum absolute atomic E-state index is 0.249. The van der Waals surface area contributed by atoms with E-state index in [1.54, 1.807) is 19.9 Å². The molecule has 4 nitrogen and oxygen atoms in total. The number of amides is 1. The van der Waals surface area contributed by atoms with Crippen molar-refractivity contribution in [2.75, 3.05) is 0 Å². The number of hydrogen-bond acceptors (Lipinski definition) is 3. The fourth-order valence-electron chi connectivity index (χ4n) is 2.01. The van der Waals surface area contributed by atoms with Gasteiger partial charge in [-0.3, -0.25) is 4.79 Å². The zero-order valence-electron chi connectivity index (χ0n) is 11.6. The van der Waals surface area contributed by atoms with Crippen molar-refractivity contribution in [1.82, 2.24) is 5.43 Å². The number of aliphatic hydroxyl groups is 1. The van der Waals surface area contributed by atoms with Crippen LogP contribution < -0.4 is 5.43 Å². The van der Waals surface area contributed by atoms with Gasteiger partial charge in [0.05, 0.1) is 6.10 Å². The summed E-state index contributed by atoms with van der Waals surface area (Å²) < 4.78 is 0. The van der Waals surface area contributed by atoms with Crippen LogP contribution in [0.1, 0.15) is 30.6 Å². The summed E-state index contributed by atoms with van der Waals surface area (Å²) in [7, 11) is 0. The summed E-state index contributed by atoms with van der Waals surface area (Å²) in [6, 6.07) is 13.4. The quantitative estimate of drug-likeness (QED) is 0.663. The number of hydrazone groups is 1. The molecule has 0 spiro atoms. The summed E-state index contributed by atoms with van der Waals surface area (Å²) in [6.07, 6.45) is -0.0193. The van der Waals surface area contributed by atoms with Crippen molar-refractivity contribution in [3.05, 3.63) is 48.0 Å². The van der Waals surface area contributed by atoms with Gasteiger partial charge in [-0.2, -0.15) is 5.10 Å². The molecule has 20 heavy (non-hydrogen) atoms. The number of carbonyl (C=O) groups excluding carboxylic acids is 1. The SMILES string of the molecule is CC(CC(C)O)=NNC(=O)c1ccc2ccccc2c1. The lowest BCUT2D eigenvalue weighted by Gasteiger charge is -2.05. The van der Waals surface area contributed by atoms with Crippen molar-refractivity contribution >= 4 is 22.4 Å². The van der Waals surface area contributed by atoms with E-state index in [1.165, 1.54) is 0 Å². The standard InChI is InChI=1S/C16H18N2O2/c1-11(9-12(2)19)17-18-16(20)15-8-7-13-5-3-4-6-14(13)10-15/h3-8,10,12,19H,9H2,1-2H3,(H,18,20). The van der Waals surface area contributed by atoms with Gasteiger partial charge < -0.3 is 5.11 Å². The Morgan fingerprint density at radius 2 is 1.95 bits per heavy atom. The first-order valence-electron chi connectivity index (χ1n) is 6.56. The van der Waals surface area contributed by atoms with E-state index in [4.69, 9.17) is 0 Å². The summed E-state index contributed by atoms with van der Waals surface area (Å²) in [6.45, 7) is 3.46. The Morgan fingerprint density at radius 1 is 1.25 bits per heavy atom. The van der Waals surface area contributed by atoms with Crippen LogP contribution in [-0.2, 0) is 0 Å².